The average Bonchev–Trinajstić information content (AvgIpc) is 2.35. The van der Waals surface area contributed by atoms with E-state index in [0.29, 0.717) is 5.56 Å². The first-order chi connectivity index (χ1) is 8.70. The van der Waals surface area contributed by atoms with E-state index in [1.54, 1.807) is 51.1 Å². The lowest BCUT2D eigenvalue weighted by Gasteiger charge is -2.32. The van der Waals surface area contributed by atoms with Crippen LogP contribution in [0.25, 0.3) is 0 Å². The first-order valence-corrected chi connectivity index (χ1v) is 6.73. The molecule has 2 atom stereocenters. The highest BCUT2D eigenvalue weighted by molar-refractivity contribution is 8.02. The molecule has 1 N–H and O–H groups in total. The van der Waals surface area contributed by atoms with Gasteiger partial charge in [0.15, 0.2) is 0 Å². The first-order valence-electron chi connectivity index (χ1n) is 5.91. The number of hydrogen-bond donors (Lipinski definition) is 1. The minimum Gasteiger partial charge on any atom is -0.466 e. The van der Waals surface area contributed by atoms with Gasteiger partial charge in [-0.15, -0.1) is 11.8 Å². The van der Waals surface area contributed by atoms with Gasteiger partial charge in [-0.3, -0.25) is 0 Å². The molecule has 2 unspecified atom stereocenters. The maximum absolute atomic E-state index is 15.0. The standard InChI is InChI=1S/C14H19FO3S/c1-13(2,3)19-14(15,12(17)18-4)11(16)10-8-6-5-7-9-10/h5-9,11,16H,1-4H3. The fourth-order valence-corrected chi connectivity index (χ4v) is 2.95. The fraction of sp³-hybridized carbons (Fsp3) is 0.500. The number of ether oxygens (including phenoxy) is 1. The number of carbonyl (C=O) groups is 1. The highest BCUT2D eigenvalue weighted by atomic mass is 32.2. The van der Waals surface area contributed by atoms with Gasteiger partial charge in [-0.1, -0.05) is 51.1 Å². The van der Waals surface area contributed by atoms with Gasteiger partial charge in [-0.25, -0.2) is 9.18 Å². The van der Waals surface area contributed by atoms with Crippen LogP contribution in [-0.2, 0) is 9.53 Å². The summed E-state index contributed by atoms with van der Waals surface area (Å²) in [6, 6.07) is 8.26. The average molecular weight is 286 g/mol. The first kappa shape index (κ1) is 16.0. The van der Waals surface area contributed by atoms with E-state index in [4.69, 9.17) is 0 Å². The molecule has 0 aliphatic carbocycles. The molecule has 0 aliphatic heterocycles. The molecule has 1 aromatic carbocycles. The zero-order valence-corrected chi connectivity index (χ0v) is 12.3. The van der Waals surface area contributed by atoms with Crippen molar-refractivity contribution >= 4 is 17.7 Å². The number of benzene rings is 1. The lowest BCUT2D eigenvalue weighted by molar-refractivity contribution is -0.154. The van der Waals surface area contributed by atoms with E-state index in [-0.39, 0.29) is 0 Å². The van der Waals surface area contributed by atoms with Crippen molar-refractivity contribution < 1.29 is 19.0 Å². The zero-order valence-electron chi connectivity index (χ0n) is 11.5. The maximum Gasteiger partial charge on any atom is 0.357 e. The monoisotopic (exact) mass is 286 g/mol. The van der Waals surface area contributed by atoms with Crippen molar-refractivity contribution in [3.05, 3.63) is 35.9 Å². The van der Waals surface area contributed by atoms with E-state index in [1.165, 1.54) is 0 Å². The molecule has 1 rings (SSSR count). The van der Waals surface area contributed by atoms with E-state index < -0.39 is 21.8 Å². The van der Waals surface area contributed by atoms with E-state index in [2.05, 4.69) is 4.74 Å². The Morgan fingerprint density at radius 3 is 2.26 bits per heavy atom. The van der Waals surface area contributed by atoms with Gasteiger partial charge >= 0.3 is 5.97 Å². The van der Waals surface area contributed by atoms with Crippen LogP contribution in [0.15, 0.2) is 30.3 Å². The van der Waals surface area contributed by atoms with Crippen LogP contribution in [0.3, 0.4) is 0 Å². The van der Waals surface area contributed by atoms with Gasteiger partial charge in [-0.05, 0) is 5.56 Å². The molecular weight excluding hydrogens is 267 g/mol. The SMILES string of the molecule is COC(=O)C(F)(SC(C)(C)C)C(O)c1ccccc1. The molecule has 3 nitrogen and oxygen atoms in total. The van der Waals surface area contributed by atoms with Crippen LogP contribution in [-0.4, -0.2) is 27.9 Å². The van der Waals surface area contributed by atoms with Gasteiger partial charge in [0.2, 0.25) is 0 Å². The van der Waals surface area contributed by atoms with Crippen molar-refractivity contribution in [2.45, 2.75) is 36.6 Å². The number of halogens is 1. The van der Waals surface area contributed by atoms with Crippen LogP contribution in [0.2, 0.25) is 0 Å². The Morgan fingerprint density at radius 2 is 1.84 bits per heavy atom. The fourth-order valence-electron chi connectivity index (χ4n) is 1.64. The van der Waals surface area contributed by atoms with Crippen LogP contribution in [0.5, 0.6) is 0 Å². The van der Waals surface area contributed by atoms with E-state index >= 15 is 0 Å². The molecule has 0 saturated carbocycles. The Labute approximate surface area is 117 Å². The molecule has 0 spiro atoms. The van der Waals surface area contributed by atoms with Crippen molar-refractivity contribution in [3.63, 3.8) is 0 Å². The predicted octanol–water partition coefficient (Wildman–Crippen LogP) is 3.09. The molecule has 0 amide bonds. The van der Waals surface area contributed by atoms with E-state index in [0.717, 1.165) is 18.9 Å². The predicted molar refractivity (Wildman–Crippen MR) is 74.6 cm³/mol. The number of thioether (sulfide) groups is 1. The summed E-state index contributed by atoms with van der Waals surface area (Å²) in [5.74, 6) is -1.08. The van der Waals surface area contributed by atoms with Crippen LogP contribution in [0.1, 0.15) is 32.4 Å². The Bertz CT molecular complexity index is 430. The third-order valence-corrected chi connectivity index (χ3v) is 3.68. The highest BCUT2D eigenvalue weighted by Crippen LogP contribution is 2.46. The van der Waals surface area contributed by atoms with Crippen LogP contribution >= 0.6 is 11.8 Å². The molecule has 106 valence electrons. The normalized spacial score (nSPS) is 16.5. The molecule has 0 aliphatic rings. The molecule has 19 heavy (non-hydrogen) atoms. The minimum atomic E-state index is -2.53. The quantitative estimate of drug-likeness (QED) is 0.864. The summed E-state index contributed by atoms with van der Waals surface area (Å²) >= 11 is 0.749. The number of methoxy groups -OCH3 is 1. The highest BCUT2D eigenvalue weighted by Gasteiger charge is 2.51. The Balaban J connectivity index is 3.14. The Kier molecular flexibility index (Phi) is 4.98. The van der Waals surface area contributed by atoms with Gasteiger partial charge in [0.1, 0.15) is 6.10 Å². The van der Waals surface area contributed by atoms with E-state index in [1.807, 2.05) is 0 Å². The van der Waals surface area contributed by atoms with Crippen molar-refractivity contribution in [1.29, 1.82) is 0 Å². The summed E-state index contributed by atoms with van der Waals surface area (Å²) in [5.41, 5.74) is 0.340. The second kappa shape index (κ2) is 5.92. The van der Waals surface area contributed by atoms with Crippen molar-refractivity contribution in [2.24, 2.45) is 0 Å². The zero-order chi connectivity index (χ0) is 14.7. The second-order valence-corrected chi connectivity index (χ2v) is 7.19. The minimum absolute atomic E-state index is 0.340. The molecule has 0 heterocycles. The molecule has 0 fully saturated rings. The van der Waals surface area contributed by atoms with Gasteiger partial charge in [0.05, 0.1) is 7.11 Å². The van der Waals surface area contributed by atoms with Crippen LogP contribution in [0, 0.1) is 0 Å². The molecule has 0 saturated heterocycles. The number of rotatable bonds is 4. The molecule has 0 aromatic heterocycles. The van der Waals surface area contributed by atoms with Gasteiger partial charge in [0.25, 0.3) is 5.00 Å². The lowest BCUT2D eigenvalue weighted by Crippen LogP contribution is -2.41. The summed E-state index contributed by atoms with van der Waals surface area (Å²) in [5, 5.41) is 7.67. The summed E-state index contributed by atoms with van der Waals surface area (Å²) in [4.78, 5) is 11.7. The van der Waals surface area contributed by atoms with Gasteiger partial charge < -0.3 is 9.84 Å². The number of hydrogen-bond acceptors (Lipinski definition) is 4. The summed E-state index contributed by atoms with van der Waals surface area (Å²) in [6.45, 7) is 5.31. The third kappa shape index (κ3) is 3.94. The Morgan fingerprint density at radius 1 is 1.32 bits per heavy atom. The van der Waals surface area contributed by atoms with Gasteiger partial charge in [0, 0.05) is 4.75 Å². The molecule has 0 radical (unpaired) electrons. The summed E-state index contributed by atoms with van der Waals surface area (Å²) in [6.07, 6.45) is -1.58. The van der Waals surface area contributed by atoms with Crippen molar-refractivity contribution in [2.75, 3.05) is 7.11 Å². The largest absolute Gasteiger partial charge is 0.466 e. The van der Waals surface area contributed by atoms with Crippen LogP contribution in [0.4, 0.5) is 4.39 Å². The maximum atomic E-state index is 15.0. The number of alkyl halides is 1. The Hall–Kier alpha value is -1.07. The number of aliphatic hydroxyl groups is 1. The van der Waals surface area contributed by atoms with Gasteiger partial charge in [-0.2, -0.15) is 0 Å². The lowest BCUT2D eigenvalue weighted by atomic mass is 10.1. The third-order valence-electron chi connectivity index (χ3n) is 2.39. The number of aliphatic hydroxyl groups excluding tert-OH is 1. The summed E-state index contributed by atoms with van der Waals surface area (Å²) < 4.78 is 19.0. The summed E-state index contributed by atoms with van der Waals surface area (Å²) in [7, 11) is 1.11. The van der Waals surface area contributed by atoms with Crippen molar-refractivity contribution in [1.82, 2.24) is 0 Å². The molecular formula is C14H19FO3S. The molecule has 5 heteroatoms. The second-order valence-electron chi connectivity index (χ2n) is 5.16. The number of esters is 1. The topological polar surface area (TPSA) is 46.5 Å². The number of carbonyl (C=O) groups excluding carboxylic acids is 1. The smallest absolute Gasteiger partial charge is 0.357 e. The van der Waals surface area contributed by atoms with Crippen molar-refractivity contribution in [3.8, 4) is 0 Å². The molecule has 1 aromatic rings. The van der Waals surface area contributed by atoms with Crippen LogP contribution < -0.4 is 0 Å². The van der Waals surface area contributed by atoms with E-state index in [9.17, 15) is 14.3 Å². The molecule has 0 bridgehead atoms.